The van der Waals surface area contributed by atoms with Gasteiger partial charge in [-0.05, 0) is 38.1 Å². The zero-order chi connectivity index (χ0) is 52.1. The van der Waals surface area contributed by atoms with Gasteiger partial charge in [-0.25, -0.2) is 15.0 Å². The van der Waals surface area contributed by atoms with E-state index in [-0.39, 0.29) is 24.2 Å². The monoisotopic (exact) mass is 1040 g/mol. The average molecular weight is 1040 g/mol. The Morgan fingerprint density at radius 1 is 0.608 bits per heavy atom. The molecular weight excluding hydrogens is 977 g/mol. The van der Waals surface area contributed by atoms with Crippen molar-refractivity contribution < 1.29 is 45.3 Å². The average Bonchev–Trinajstić information content (AvgIpc) is 3.88. The Morgan fingerprint density at radius 3 is 1.45 bits per heavy atom. The lowest BCUT2D eigenvalue weighted by atomic mass is 10.0. The topological polar surface area (TPSA) is 176 Å². The highest BCUT2D eigenvalue weighted by Crippen LogP contribution is 2.40. The van der Waals surface area contributed by atoms with Crippen molar-refractivity contribution >= 4 is 63.7 Å². The number of nitrogens with zero attached hydrogens (tertiary/aromatic N) is 12. The van der Waals surface area contributed by atoms with Gasteiger partial charge >= 0.3 is 12.4 Å². The van der Waals surface area contributed by atoms with Gasteiger partial charge in [0.1, 0.15) is 5.69 Å². The van der Waals surface area contributed by atoms with E-state index in [1.165, 1.54) is 12.1 Å². The van der Waals surface area contributed by atoms with E-state index in [1.54, 1.807) is 47.4 Å². The summed E-state index contributed by atoms with van der Waals surface area (Å²) in [6, 6.07) is 12.1. The van der Waals surface area contributed by atoms with E-state index in [4.69, 9.17) is 39.9 Å². The number of halogens is 6. The van der Waals surface area contributed by atoms with Crippen molar-refractivity contribution in [1.29, 1.82) is 0 Å². The van der Waals surface area contributed by atoms with Gasteiger partial charge in [-0.15, -0.1) is 10.2 Å². The highest BCUT2D eigenvalue weighted by Gasteiger charge is 2.37. The number of anilines is 7. The van der Waals surface area contributed by atoms with Gasteiger partial charge in [-0.2, -0.15) is 35.4 Å². The second-order valence-electron chi connectivity index (χ2n) is 18.5. The molecule has 0 bridgehead atoms. The lowest BCUT2D eigenvalue weighted by molar-refractivity contribution is -0.139. The summed E-state index contributed by atoms with van der Waals surface area (Å²) in [5.41, 5.74) is 9.21. The molecule has 0 spiro atoms. The van der Waals surface area contributed by atoms with Gasteiger partial charge in [0.15, 0.2) is 34.6 Å². The minimum atomic E-state index is -4.50. The summed E-state index contributed by atoms with van der Waals surface area (Å²) in [5, 5.41) is 16.0. The largest absolute Gasteiger partial charge is 0.416 e. The van der Waals surface area contributed by atoms with Crippen LogP contribution in [0.2, 0.25) is 0 Å². The predicted octanol–water partition coefficient (Wildman–Crippen LogP) is 6.74. The number of imidazole rings is 2. The Balaban J connectivity index is 0.000000183. The van der Waals surface area contributed by atoms with Gasteiger partial charge in [0.25, 0.3) is 0 Å². The summed E-state index contributed by atoms with van der Waals surface area (Å²) in [7, 11) is 3.75. The number of nitrogens with two attached hydrogens (primary N) is 1. The molecule has 4 aliphatic heterocycles. The molecule has 4 N–H and O–H groups in total. The maximum absolute atomic E-state index is 14.1. The van der Waals surface area contributed by atoms with Crippen molar-refractivity contribution in [1.82, 2.24) is 43.9 Å². The Hall–Kier alpha value is -6.51. The van der Waals surface area contributed by atoms with Crippen LogP contribution in [0.3, 0.4) is 0 Å². The van der Waals surface area contributed by atoms with Crippen molar-refractivity contribution in [3.8, 4) is 0 Å². The zero-order valence-electron chi connectivity index (χ0n) is 41.8. The molecule has 2 aromatic carbocycles. The van der Waals surface area contributed by atoms with Crippen LogP contribution in [0.4, 0.5) is 72.4 Å². The molecule has 0 unspecified atom stereocenters. The second-order valence-corrected chi connectivity index (χ2v) is 18.5. The molecule has 10 rings (SSSR count). The number of benzene rings is 2. The normalized spacial score (nSPS) is 17.5. The predicted molar refractivity (Wildman–Crippen MR) is 269 cm³/mol. The molecule has 0 radical (unpaired) electrons. The van der Waals surface area contributed by atoms with E-state index in [0.717, 1.165) is 12.1 Å². The van der Waals surface area contributed by atoms with Gasteiger partial charge in [0.05, 0.1) is 87.4 Å². The molecule has 398 valence electrons. The standard InChI is InChI=1S/C26H33F3N8O2.C23H28F3N7O2/c1-18-24(32-21-6-4-5-20(26(27,28)29)19(21)16-35-7-11-38-12-8-35)37-25(31-18)22(30-17-34(2)3)15-23(33-37)36-9-13-39-14-10-36;1-15-21(33-22(28-15)18(27)13-20(30-33)32-7-11-35-12-8-32)29-19-4-2-3-17(23(24,25)26)16(19)14-31-5-9-34-10-6-31/h4-6,15,17,32H,7-14,16H2,1-3H3;2-4,13,29H,5-12,14,27H2,1H3. The van der Waals surface area contributed by atoms with Crippen LogP contribution in [0.1, 0.15) is 33.6 Å². The van der Waals surface area contributed by atoms with E-state index in [9.17, 15) is 26.3 Å². The Labute approximate surface area is 423 Å². The van der Waals surface area contributed by atoms with Crippen molar-refractivity contribution in [2.45, 2.75) is 39.3 Å². The molecule has 0 saturated carbocycles. The number of rotatable bonds is 12. The van der Waals surface area contributed by atoms with Crippen LogP contribution in [0.15, 0.2) is 53.5 Å². The first kappa shape index (κ1) is 52.4. The second kappa shape index (κ2) is 22.5. The summed E-state index contributed by atoms with van der Waals surface area (Å²) >= 11 is 0. The zero-order valence-corrected chi connectivity index (χ0v) is 41.8. The van der Waals surface area contributed by atoms with E-state index in [1.807, 2.05) is 34.9 Å². The molecule has 25 heteroatoms. The first-order valence-electron chi connectivity index (χ1n) is 24.5. The van der Waals surface area contributed by atoms with Crippen molar-refractivity contribution in [2.24, 2.45) is 4.99 Å². The highest BCUT2D eigenvalue weighted by atomic mass is 19.4. The van der Waals surface area contributed by atoms with Gasteiger partial charge in [0.2, 0.25) is 0 Å². The number of hydrogen-bond donors (Lipinski definition) is 3. The maximum atomic E-state index is 14.1. The summed E-state index contributed by atoms with van der Waals surface area (Å²) < 4.78 is 109. The Bertz CT molecular complexity index is 2920. The molecule has 4 fully saturated rings. The van der Waals surface area contributed by atoms with Crippen LogP contribution < -0.4 is 26.2 Å². The summed E-state index contributed by atoms with van der Waals surface area (Å²) in [4.78, 5) is 23.8. The van der Waals surface area contributed by atoms with Crippen molar-refractivity contribution in [2.75, 3.05) is 145 Å². The lowest BCUT2D eigenvalue weighted by Crippen LogP contribution is -2.37. The number of fused-ring (bicyclic) bond motifs is 2. The number of aromatic nitrogens is 6. The van der Waals surface area contributed by atoms with E-state index in [2.05, 4.69) is 30.4 Å². The van der Waals surface area contributed by atoms with Gasteiger partial charge in [-0.3, -0.25) is 9.80 Å². The third-order valence-corrected chi connectivity index (χ3v) is 13.0. The van der Waals surface area contributed by atoms with Crippen molar-refractivity contribution in [3.63, 3.8) is 0 Å². The maximum Gasteiger partial charge on any atom is 0.416 e. The summed E-state index contributed by atoms with van der Waals surface area (Å²) in [5.74, 6) is 2.32. The fraction of sp³-hybridized carbons (Fsp3) is 0.490. The van der Waals surface area contributed by atoms with Gasteiger partial charge in [-0.1, -0.05) is 12.1 Å². The first-order chi connectivity index (χ1) is 35.5. The van der Waals surface area contributed by atoms with Crippen LogP contribution in [0.5, 0.6) is 0 Å². The molecule has 74 heavy (non-hydrogen) atoms. The number of nitrogen functional groups attached to an aromatic ring is 1. The molecule has 4 aliphatic rings. The van der Waals surface area contributed by atoms with Crippen LogP contribution >= 0.6 is 0 Å². The minimum absolute atomic E-state index is 0.141. The number of nitrogens with one attached hydrogen (secondary N) is 2. The van der Waals surface area contributed by atoms with Gasteiger partial charge < -0.3 is 50.0 Å². The van der Waals surface area contributed by atoms with E-state index in [0.29, 0.717) is 174 Å². The Kier molecular flexibility index (Phi) is 15.9. The van der Waals surface area contributed by atoms with Crippen molar-refractivity contribution in [3.05, 3.63) is 82.2 Å². The molecule has 4 saturated heterocycles. The number of aliphatic imine (C=N–C) groups is 1. The first-order valence-corrected chi connectivity index (χ1v) is 24.5. The van der Waals surface area contributed by atoms with Gasteiger partial charge in [0, 0.05) is 114 Å². The minimum Gasteiger partial charge on any atom is -0.396 e. The molecule has 0 amide bonds. The molecule has 8 heterocycles. The van der Waals surface area contributed by atoms with Crippen LogP contribution in [-0.2, 0) is 44.4 Å². The molecule has 6 aromatic rings. The fourth-order valence-electron chi connectivity index (χ4n) is 9.19. The summed E-state index contributed by atoms with van der Waals surface area (Å²) in [6.07, 6.45) is -7.30. The number of morpholine rings is 4. The smallest absolute Gasteiger partial charge is 0.396 e. The fourth-order valence-corrected chi connectivity index (χ4v) is 9.19. The SMILES string of the molecule is Cc1nc2c(N)cc(N3CCOCC3)nn2c1Nc1cccc(C(F)(F)F)c1CN1CCOCC1.Cc1nc2c(N=CN(C)C)cc(N3CCOCC3)nn2c1Nc1cccc(C(F)(F)F)c1CN1CCOCC1. The van der Waals surface area contributed by atoms with E-state index >= 15 is 0 Å². The third kappa shape index (κ3) is 12.0. The summed E-state index contributed by atoms with van der Waals surface area (Å²) in [6.45, 7) is 13.1. The number of aryl methyl sites for hydroxylation is 2. The highest BCUT2D eigenvalue weighted by molar-refractivity contribution is 5.78. The van der Waals surface area contributed by atoms with Crippen LogP contribution in [0, 0.1) is 13.8 Å². The Morgan fingerprint density at radius 2 is 1.01 bits per heavy atom. The number of ether oxygens (including phenoxy) is 4. The quantitative estimate of drug-likeness (QED) is 0.0667. The van der Waals surface area contributed by atoms with Crippen LogP contribution in [-0.4, -0.2) is 170 Å². The number of alkyl halides is 6. The lowest BCUT2D eigenvalue weighted by Gasteiger charge is -2.29. The molecule has 4 aromatic heterocycles. The molecule has 0 atom stereocenters. The molecule has 19 nitrogen and oxygen atoms in total. The molecule has 0 aliphatic carbocycles. The van der Waals surface area contributed by atoms with E-state index < -0.39 is 23.5 Å². The molecular formula is C49H61F6N15O4. The third-order valence-electron chi connectivity index (χ3n) is 13.0. The van der Waals surface area contributed by atoms with Crippen LogP contribution in [0.25, 0.3) is 11.3 Å². The number of hydrogen-bond acceptors (Lipinski definition) is 16.